The second-order valence-electron chi connectivity index (χ2n) is 12.5. The summed E-state index contributed by atoms with van der Waals surface area (Å²) in [5.74, 6) is 2.54. The third-order valence-electron chi connectivity index (χ3n) is 9.42. The molecule has 0 bridgehead atoms. The first kappa shape index (κ1) is 32.6. The van der Waals surface area contributed by atoms with Gasteiger partial charge in [-0.05, 0) is 74.6 Å². The molecule has 6 rings (SSSR count). The molecule has 9 nitrogen and oxygen atoms in total. The van der Waals surface area contributed by atoms with E-state index < -0.39 is 22.9 Å². The standard InChI is InChI=1S/C32H36Cl3N3O6S/c33-25-8-3-9-26(34)28(25)29-23(30(44-37-29)19-10-11-19)17-43-22-12-13-24(27(35)14-22)32(40)15-20(16-32)18-4-1-6-21(7-2-5-18)36-31(39)38-45(41)42/h3,8-9,12-14,18-21,40H,1-2,4-7,10-11,15-17H2,(H,41,42)(H2,36,38,39)/p-1. The highest BCUT2D eigenvalue weighted by Gasteiger charge is 2.47. The molecule has 3 saturated carbocycles. The Kier molecular flexibility index (Phi) is 9.99. The minimum atomic E-state index is -2.62. The number of halogens is 3. The Balaban J connectivity index is 1.06. The highest BCUT2D eigenvalue weighted by Crippen LogP contribution is 2.53. The first-order valence-corrected chi connectivity index (χ1v) is 17.6. The van der Waals surface area contributed by atoms with Crippen LogP contribution < -0.4 is 14.8 Å². The van der Waals surface area contributed by atoms with Gasteiger partial charge in [0.2, 0.25) is 0 Å². The molecule has 1 atom stereocenters. The van der Waals surface area contributed by atoms with Gasteiger partial charge in [-0.1, -0.05) is 77.8 Å². The number of aliphatic hydroxyl groups is 1. The molecule has 3 aliphatic carbocycles. The molecular weight excluding hydrogens is 661 g/mol. The summed E-state index contributed by atoms with van der Waals surface area (Å²) in [7, 11) is 0. The molecule has 0 aliphatic heterocycles. The van der Waals surface area contributed by atoms with E-state index in [9.17, 15) is 18.7 Å². The number of benzene rings is 2. The van der Waals surface area contributed by atoms with Gasteiger partial charge in [0.15, 0.2) is 0 Å². The predicted octanol–water partition coefficient (Wildman–Crippen LogP) is 7.79. The van der Waals surface area contributed by atoms with Crippen LogP contribution in [0.5, 0.6) is 5.75 Å². The maximum absolute atomic E-state index is 11.7. The van der Waals surface area contributed by atoms with Crippen molar-refractivity contribution < 1.29 is 27.9 Å². The third kappa shape index (κ3) is 7.47. The van der Waals surface area contributed by atoms with E-state index in [1.807, 2.05) is 16.9 Å². The Bertz CT molecular complexity index is 1550. The van der Waals surface area contributed by atoms with Crippen molar-refractivity contribution in [1.29, 1.82) is 0 Å². The lowest BCUT2D eigenvalue weighted by molar-refractivity contribution is -0.101. The molecule has 13 heteroatoms. The van der Waals surface area contributed by atoms with E-state index in [-0.39, 0.29) is 12.6 Å². The molecule has 45 heavy (non-hydrogen) atoms. The smallest absolute Gasteiger partial charge is 0.325 e. The second kappa shape index (κ2) is 13.8. The fraction of sp³-hybridized carbons (Fsp3) is 0.500. The van der Waals surface area contributed by atoms with Crippen LogP contribution in [0.25, 0.3) is 11.3 Å². The van der Waals surface area contributed by atoms with Crippen molar-refractivity contribution in [3.63, 3.8) is 0 Å². The Hall–Kier alpha value is -2.34. The van der Waals surface area contributed by atoms with E-state index >= 15 is 0 Å². The van der Waals surface area contributed by atoms with Crippen LogP contribution in [0.1, 0.15) is 87.0 Å². The number of urea groups is 1. The van der Waals surface area contributed by atoms with Gasteiger partial charge in [0, 0.05) is 34.4 Å². The molecule has 0 saturated heterocycles. The molecule has 3 aromatic rings. The fourth-order valence-electron chi connectivity index (χ4n) is 6.98. The quantitative estimate of drug-likeness (QED) is 0.194. The monoisotopic (exact) mass is 694 g/mol. The van der Waals surface area contributed by atoms with Gasteiger partial charge in [-0.2, -0.15) is 0 Å². The zero-order valence-corrected chi connectivity index (χ0v) is 27.6. The Labute approximate surface area is 279 Å². The van der Waals surface area contributed by atoms with Crippen molar-refractivity contribution in [3.8, 4) is 17.0 Å². The molecule has 2 amide bonds. The summed E-state index contributed by atoms with van der Waals surface area (Å²) in [4.78, 5) is 11.7. The van der Waals surface area contributed by atoms with Gasteiger partial charge in [0.25, 0.3) is 0 Å². The van der Waals surface area contributed by atoms with Crippen molar-refractivity contribution in [2.24, 2.45) is 11.8 Å². The van der Waals surface area contributed by atoms with E-state index in [2.05, 4.69) is 10.5 Å². The van der Waals surface area contributed by atoms with Crippen LogP contribution in [0.15, 0.2) is 40.9 Å². The van der Waals surface area contributed by atoms with Crippen molar-refractivity contribution in [2.45, 2.75) is 88.4 Å². The largest absolute Gasteiger partial charge is 0.755 e. The van der Waals surface area contributed by atoms with E-state index in [0.717, 1.165) is 62.7 Å². The Morgan fingerprint density at radius 3 is 2.33 bits per heavy atom. The van der Waals surface area contributed by atoms with Gasteiger partial charge in [-0.3, -0.25) is 8.93 Å². The Morgan fingerprint density at radius 2 is 1.71 bits per heavy atom. The van der Waals surface area contributed by atoms with Crippen LogP contribution in [0.2, 0.25) is 15.1 Å². The zero-order valence-electron chi connectivity index (χ0n) is 24.5. The van der Waals surface area contributed by atoms with E-state index in [1.165, 1.54) is 0 Å². The first-order valence-electron chi connectivity index (χ1n) is 15.4. The summed E-state index contributed by atoms with van der Waals surface area (Å²) in [6.07, 6.45) is 8.80. The molecule has 1 heterocycles. The molecule has 242 valence electrons. The molecule has 3 fully saturated rings. The first-order chi connectivity index (χ1) is 21.6. The summed E-state index contributed by atoms with van der Waals surface area (Å²) >= 11 is 17.1. The van der Waals surface area contributed by atoms with E-state index in [1.54, 1.807) is 24.3 Å². The lowest BCUT2D eigenvalue weighted by Crippen LogP contribution is -2.45. The second-order valence-corrected chi connectivity index (χ2v) is 14.4. The lowest BCUT2D eigenvalue weighted by Gasteiger charge is -2.48. The van der Waals surface area contributed by atoms with Crippen LogP contribution in [-0.4, -0.2) is 31.1 Å². The average molecular weight is 696 g/mol. The zero-order chi connectivity index (χ0) is 31.7. The summed E-state index contributed by atoms with van der Waals surface area (Å²) in [6, 6.07) is 10.0. The minimum Gasteiger partial charge on any atom is -0.755 e. The maximum atomic E-state index is 11.7. The number of hydrogen-bond donors (Lipinski definition) is 3. The van der Waals surface area contributed by atoms with Crippen LogP contribution in [-0.2, 0) is 23.5 Å². The van der Waals surface area contributed by atoms with Gasteiger partial charge in [-0.25, -0.2) is 4.79 Å². The summed E-state index contributed by atoms with van der Waals surface area (Å²) in [6.45, 7) is 0.203. The van der Waals surface area contributed by atoms with E-state index in [4.69, 9.17) is 44.1 Å². The number of nitrogens with one attached hydrogen (secondary N) is 2. The van der Waals surface area contributed by atoms with Gasteiger partial charge < -0.3 is 24.2 Å². The van der Waals surface area contributed by atoms with Crippen molar-refractivity contribution in [3.05, 3.63) is 68.4 Å². The number of hydrogen-bond acceptors (Lipinski definition) is 7. The fourth-order valence-corrected chi connectivity index (χ4v) is 8.11. The third-order valence-corrected chi connectivity index (χ3v) is 10.7. The molecule has 0 spiro atoms. The van der Waals surface area contributed by atoms with Crippen LogP contribution in [0, 0.1) is 11.8 Å². The summed E-state index contributed by atoms with van der Waals surface area (Å²) in [5.41, 5.74) is 1.73. The summed E-state index contributed by atoms with van der Waals surface area (Å²) < 4.78 is 35.2. The topological polar surface area (TPSA) is 137 Å². The minimum absolute atomic E-state index is 0.0436. The number of ether oxygens (including phenoxy) is 1. The van der Waals surface area contributed by atoms with Crippen LogP contribution >= 0.6 is 34.8 Å². The van der Waals surface area contributed by atoms with Crippen molar-refractivity contribution in [2.75, 3.05) is 0 Å². The predicted molar refractivity (Wildman–Crippen MR) is 172 cm³/mol. The van der Waals surface area contributed by atoms with Gasteiger partial charge in [0.05, 0.1) is 26.2 Å². The number of rotatable bonds is 9. The molecule has 3 N–H and O–H groups in total. The van der Waals surface area contributed by atoms with Crippen molar-refractivity contribution >= 4 is 52.1 Å². The normalized spacial score (nSPS) is 25.8. The number of carbonyl (C=O) groups excluding carboxylic acids is 1. The molecule has 0 radical (unpaired) electrons. The number of nitrogens with zero attached hydrogens (tertiary/aromatic N) is 1. The molecule has 1 aromatic heterocycles. The van der Waals surface area contributed by atoms with Gasteiger partial charge >= 0.3 is 6.03 Å². The number of aromatic nitrogens is 1. The van der Waals surface area contributed by atoms with Crippen LogP contribution in [0.3, 0.4) is 0 Å². The summed E-state index contributed by atoms with van der Waals surface area (Å²) in [5, 5.41) is 20.0. The molecule has 2 aromatic carbocycles. The maximum Gasteiger partial charge on any atom is 0.325 e. The van der Waals surface area contributed by atoms with Crippen LogP contribution in [0.4, 0.5) is 4.79 Å². The Morgan fingerprint density at radius 1 is 1.02 bits per heavy atom. The molecule has 1 unspecified atom stereocenters. The van der Waals surface area contributed by atoms with E-state index in [0.29, 0.717) is 68.2 Å². The number of carbonyl (C=O) groups is 1. The SMILES string of the molecule is O=C(NC1CCCC(C2CC(O)(c3ccc(OCc4c(-c5c(Cl)cccc5Cl)noc4C4CC4)cc3Cl)C2)CCC1)NS(=O)[O-]. The average Bonchev–Trinajstić information content (AvgIpc) is 3.71. The van der Waals surface area contributed by atoms with Gasteiger partial charge in [-0.15, -0.1) is 0 Å². The highest BCUT2D eigenvalue weighted by atomic mass is 35.5. The highest BCUT2D eigenvalue weighted by molar-refractivity contribution is 7.77. The molecule has 3 aliphatic rings. The number of amides is 2. The van der Waals surface area contributed by atoms with Gasteiger partial charge in [0.1, 0.15) is 23.8 Å². The lowest BCUT2D eigenvalue weighted by atomic mass is 9.61. The molecular formula is C32H35Cl3N3O6S-. The van der Waals surface area contributed by atoms with Crippen molar-refractivity contribution in [1.82, 2.24) is 15.2 Å².